The van der Waals surface area contributed by atoms with E-state index in [0.29, 0.717) is 13.0 Å². The molecular weight excluding hydrogens is 415 g/mol. The van der Waals surface area contributed by atoms with E-state index in [1.54, 1.807) is 0 Å². The molecule has 1 spiro atoms. The molecule has 0 aliphatic heterocycles. The average molecular weight is 447 g/mol. The summed E-state index contributed by atoms with van der Waals surface area (Å²) < 4.78 is 13.6. The molecule has 2 saturated carbocycles. The van der Waals surface area contributed by atoms with Crippen molar-refractivity contribution in [2.75, 3.05) is 6.54 Å². The van der Waals surface area contributed by atoms with Crippen molar-refractivity contribution in [2.24, 2.45) is 5.41 Å². The molecule has 1 heterocycles. The van der Waals surface area contributed by atoms with Gasteiger partial charge in [0.05, 0.1) is 18.4 Å². The smallest absolute Gasteiger partial charge is 0.141 e. The number of hydrogen-bond acceptors (Lipinski definition) is 4. The lowest BCUT2D eigenvalue weighted by molar-refractivity contribution is -0.0831. The van der Waals surface area contributed by atoms with Crippen LogP contribution in [0.5, 0.6) is 0 Å². The van der Waals surface area contributed by atoms with E-state index in [4.69, 9.17) is 11.6 Å². The molecule has 0 unspecified atom stereocenters. The van der Waals surface area contributed by atoms with Crippen molar-refractivity contribution >= 4 is 11.6 Å². The zero-order valence-electron chi connectivity index (χ0n) is 17.9. The first kappa shape index (κ1) is 22.7. The Morgan fingerprint density at radius 1 is 1.06 bits per heavy atom. The van der Waals surface area contributed by atoms with Crippen molar-refractivity contribution in [3.63, 3.8) is 0 Å². The highest BCUT2D eigenvalue weighted by Gasteiger charge is 2.51. The lowest BCUT2D eigenvalue weighted by atomic mass is 9.54. The Kier molecular flexibility index (Phi) is 6.97. The van der Waals surface area contributed by atoms with E-state index in [0.717, 1.165) is 67.8 Å². The van der Waals surface area contributed by atoms with Crippen LogP contribution in [0, 0.1) is 11.2 Å². The van der Waals surface area contributed by atoms with Crippen LogP contribution in [0.4, 0.5) is 4.39 Å². The van der Waals surface area contributed by atoms with Gasteiger partial charge in [0.2, 0.25) is 0 Å². The van der Waals surface area contributed by atoms with Gasteiger partial charge in [-0.2, -0.15) is 0 Å². The van der Waals surface area contributed by atoms with E-state index in [9.17, 15) is 14.6 Å². The lowest BCUT2D eigenvalue weighted by Crippen LogP contribution is -2.51. The maximum Gasteiger partial charge on any atom is 0.141 e. The molecule has 6 heteroatoms. The number of aromatic nitrogens is 1. The van der Waals surface area contributed by atoms with Gasteiger partial charge in [-0.15, -0.1) is 0 Å². The summed E-state index contributed by atoms with van der Waals surface area (Å²) in [4.78, 5) is 4.49. The third kappa shape index (κ3) is 4.95. The van der Waals surface area contributed by atoms with Gasteiger partial charge in [0, 0.05) is 22.7 Å². The fourth-order valence-electron chi connectivity index (χ4n) is 5.73. The molecule has 3 N–H and O–H groups in total. The number of rotatable bonds is 6. The maximum atomic E-state index is 13.6. The van der Waals surface area contributed by atoms with E-state index in [-0.39, 0.29) is 28.9 Å². The summed E-state index contributed by atoms with van der Waals surface area (Å²) in [5.74, 6) is -0.331. The quantitative estimate of drug-likeness (QED) is 0.560. The summed E-state index contributed by atoms with van der Waals surface area (Å²) in [6, 6.07) is 11.1. The SMILES string of the molecule is OC1CCC2(CC1)C[C@](CCNCc1ccccc1Cl)(c1ccc(F)cn1)CC[C@H]2O. The van der Waals surface area contributed by atoms with Crippen molar-refractivity contribution in [3.05, 3.63) is 64.7 Å². The summed E-state index contributed by atoms with van der Waals surface area (Å²) in [6.45, 7) is 1.46. The number of pyridine rings is 1. The van der Waals surface area contributed by atoms with Gasteiger partial charge in [-0.1, -0.05) is 29.8 Å². The van der Waals surface area contributed by atoms with E-state index in [2.05, 4.69) is 10.3 Å². The van der Waals surface area contributed by atoms with Gasteiger partial charge in [-0.3, -0.25) is 4.98 Å². The maximum absolute atomic E-state index is 13.6. The molecule has 0 radical (unpaired) electrons. The molecule has 4 rings (SSSR count). The standard InChI is InChI=1S/C25H32ClFN2O2/c26-21-4-2-1-3-18(21)15-28-14-13-24(22-6-5-19(27)16-29-22)12-9-23(31)25(17-24)10-7-20(30)8-11-25/h1-6,16,20,23,28,30-31H,7-15,17H2/t20?,23-,24+,25?/m1/s1. The minimum absolute atomic E-state index is 0.198. The number of nitrogens with zero attached hydrogens (tertiary/aromatic N) is 1. The molecule has 2 aliphatic rings. The van der Waals surface area contributed by atoms with Crippen molar-refractivity contribution in [1.29, 1.82) is 0 Å². The van der Waals surface area contributed by atoms with Crippen LogP contribution in [0.15, 0.2) is 42.6 Å². The molecule has 0 bridgehead atoms. The predicted octanol–water partition coefficient (Wildman–Crippen LogP) is 4.76. The molecule has 1 aromatic heterocycles. The van der Waals surface area contributed by atoms with Crippen LogP contribution in [0.3, 0.4) is 0 Å². The van der Waals surface area contributed by atoms with E-state index in [1.165, 1.54) is 12.3 Å². The minimum Gasteiger partial charge on any atom is -0.393 e. The monoisotopic (exact) mass is 446 g/mol. The molecule has 0 amide bonds. The highest BCUT2D eigenvalue weighted by Crippen LogP contribution is 2.55. The Morgan fingerprint density at radius 2 is 1.84 bits per heavy atom. The van der Waals surface area contributed by atoms with Gasteiger partial charge in [0.15, 0.2) is 0 Å². The van der Waals surface area contributed by atoms with Crippen molar-refractivity contribution < 1.29 is 14.6 Å². The lowest BCUT2D eigenvalue weighted by Gasteiger charge is -2.53. The van der Waals surface area contributed by atoms with Crippen LogP contribution >= 0.6 is 11.6 Å². The fraction of sp³-hybridized carbons (Fsp3) is 0.560. The third-order valence-electron chi connectivity index (χ3n) is 7.57. The number of benzene rings is 1. The molecule has 2 atom stereocenters. The Hall–Kier alpha value is -1.53. The first-order chi connectivity index (χ1) is 14.9. The Labute approximate surface area is 188 Å². The molecule has 2 fully saturated rings. The van der Waals surface area contributed by atoms with E-state index >= 15 is 0 Å². The first-order valence-corrected chi connectivity index (χ1v) is 11.7. The second kappa shape index (κ2) is 9.53. The summed E-state index contributed by atoms with van der Waals surface area (Å²) in [5.41, 5.74) is 1.56. The van der Waals surface area contributed by atoms with Gasteiger partial charge >= 0.3 is 0 Å². The largest absolute Gasteiger partial charge is 0.393 e. The Balaban J connectivity index is 1.52. The van der Waals surface area contributed by atoms with Crippen LogP contribution in [-0.4, -0.2) is 33.9 Å². The van der Waals surface area contributed by atoms with Crippen LogP contribution in [0.25, 0.3) is 0 Å². The van der Waals surface area contributed by atoms with Crippen LogP contribution < -0.4 is 5.32 Å². The van der Waals surface area contributed by atoms with E-state index in [1.807, 2.05) is 30.3 Å². The summed E-state index contributed by atoms with van der Waals surface area (Å²) in [6.07, 6.45) is 6.99. The Morgan fingerprint density at radius 3 is 2.55 bits per heavy atom. The van der Waals surface area contributed by atoms with Crippen molar-refractivity contribution in [2.45, 2.75) is 75.5 Å². The number of aliphatic hydroxyl groups is 2. The van der Waals surface area contributed by atoms with Crippen LogP contribution in [0.1, 0.15) is 62.6 Å². The molecule has 4 nitrogen and oxygen atoms in total. The molecule has 168 valence electrons. The zero-order chi connectivity index (χ0) is 21.9. The topological polar surface area (TPSA) is 65.4 Å². The van der Waals surface area contributed by atoms with Crippen molar-refractivity contribution in [1.82, 2.24) is 10.3 Å². The number of nitrogens with one attached hydrogen (secondary N) is 1. The van der Waals surface area contributed by atoms with Crippen molar-refractivity contribution in [3.8, 4) is 0 Å². The summed E-state index contributed by atoms with van der Waals surface area (Å²) >= 11 is 6.28. The van der Waals surface area contributed by atoms with Gasteiger partial charge in [-0.05, 0) is 87.1 Å². The summed E-state index contributed by atoms with van der Waals surface area (Å²) in [7, 11) is 0. The van der Waals surface area contributed by atoms with Gasteiger partial charge in [-0.25, -0.2) is 4.39 Å². The summed E-state index contributed by atoms with van der Waals surface area (Å²) in [5, 5.41) is 25.3. The molecule has 31 heavy (non-hydrogen) atoms. The molecule has 0 saturated heterocycles. The second-order valence-corrected chi connectivity index (χ2v) is 9.89. The molecular formula is C25H32ClFN2O2. The van der Waals surface area contributed by atoms with Crippen LogP contribution in [-0.2, 0) is 12.0 Å². The highest BCUT2D eigenvalue weighted by molar-refractivity contribution is 6.31. The van der Waals surface area contributed by atoms with Gasteiger partial charge < -0.3 is 15.5 Å². The van der Waals surface area contributed by atoms with Gasteiger partial charge in [0.25, 0.3) is 0 Å². The average Bonchev–Trinajstić information content (AvgIpc) is 2.77. The highest BCUT2D eigenvalue weighted by atomic mass is 35.5. The second-order valence-electron chi connectivity index (χ2n) is 9.48. The van der Waals surface area contributed by atoms with Crippen LogP contribution in [0.2, 0.25) is 5.02 Å². The first-order valence-electron chi connectivity index (χ1n) is 11.3. The van der Waals surface area contributed by atoms with Gasteiger partial charge in [0.1, 0.15) is 5.82 Å². The fourth-order valence-corrected chi connectivity index (χ4v) is 5.93. The minimum atomic E-state index is -0.357. The predicted molar refractivity (Wildman–Crippen MR) is 120 cm³/mol. The number of halogens is 2. The normalized spacial score (nSPS) is 31.1. The molecule has 2 aliphatic carbocycles. The zero-order valence-corrected chi connectivity index (χ0v) is 18.6. The van der Waals surface area contributed by atoms with E-state index < -0.39 is 0 Å². The molecule has 1 aromatic carbocycles. The number of aliphatic hydroxyl groups excluding tert-OH is 2. The number of hydrogen-bond donors (Lipinski definition) is 3. The molecule has 2 aromatic rings. The Bertz CT molecular complexity index is 870. The third-order valence-corrected chi connectivity index (χ3v) is 7.94.